The van der Waals surface area contributed by atoms with Crippen molar-refractivity contribution in [3.63, 3.8) is 0 Å². The highest BCUT2D eigenvalue weighted by Crippen LogP contribution is 2.27. The van der Waals surface area contributed by atoms with Gasteiger partial charge in [0.15, 0.2) is 0 Å². The molecular weight excluding hydrogens is 496 g/mol. The van der Waals surface area contributed by atoms with Crippen LogP contribution in [0.1, 0.15) is 54.6 Å². The highest BCUT2D eigenvalue weighted by atomic mass is 16.2. The summed E-state index contributed by atoms with van der Waals surface area (Å²) in [5.74, 6) is -2.72. The molecule has 5 rings (SSSR count). The molecule has 3 unspecified atom stereocenters. The fraction of sp³-hybridized carbons (Fsp3) is 0.367. The van der Waals surface area contributed by atoms with Crippen LogP contribution in [0.3, 0.4) is 0 Å². The number of carbonyl (C=O) groups is 5. The minimum absolute atomic E-state index is 0.0447. The summed E-state index contributed by atoms with van der Waals surface area (Å²) < 4.78 is 0. The topological polar surface area (TPSA) is 128 Å². The maximum absolute atomic E-state index is 13.5. The van der Waals surface area contributed by atoms with Gasteiger partial charge in [-0.1, -0.05) is 48.5 Å². The maximum Gasteiger partial charge on any atom is 0.289 e. The first kappa shape index (κ1) is 26.3. The van der Waals surface area contributed by atoms with Crippen LogP contribution in [-0.4, -0.2) is 57.8 Å². The lowest BCUT2D eigenvalue weighted by Crippen LogP contribution is -2.54. The van der Waals surface area contributed by atoms with Crippen molar-refractivity contribution in [2.75, 3.05) is 6.54 Å². The molecule has 202 valence electrons. The summed E-state index contributed by atoms with van der Waals surface area (Å²) in [6.45, 7) is 0.577. The van der Waals surface area contributed by atoms with Crippen molar-refractivity contribution in [1.82, 2.24) is 20.5 Å². The van der Waals surface area contributed by atoms with E-state index >= 15 is 0 Å². The third-order valence-electron chi connectivity index (χ3n) is 7.68. The van der Waals surface area contributed by atoms with Crippen LogP contribution in [0.4, 0.5) is 0 Å². The Kier molecular flexibility index (Phi) is 7.86. The van der Waals surface area contributed by atoms with E-state index in [1.54, 1.807) is 6.07 Å². The predicted molar refractivity (Wildman–Crippen MR) is 145 cm³/mol. The number of carbonyl (C=O) groups excluding carboxylic acids is 5. The summed E-state index contributed by atoms with van der Waals surface area (Å²) in [5.41, 5.74) is 2.05. The molecule has 0 radical (unpaired) electrons. The van der Waals surface area contributed by atoms with Gasteiger partial charge in [0, 0.05) is 36.3 Å². The second-order valence-corrected chi connectivity index (χ2v) is 10.3. The molecule has 1 saturated carbocycles. The summed E-state index contributed by atoms with van der Waals surface area (Å²) in [6, 6.07) is 16.6. The Hall–Kier alpha value is -4.27. The first-order valence-corrected chi connectivity index (χ1v) is 13.5. The van der Waals surface area contributed by atoms with Crippen LogP contribution < -0.4 is 10.6 Å². The molecule has 2 aromatic carbocycles. The molecule has 1 aliphatic heterocycles. The van der Waals surface area contributed by atoms with Crippen molar-refractivity contribution in [3.05, 3.63) is 71.9 Å². The Morgan fingerprint density at radius 3 is 2.49 bits per heavy atom. The van der Waals surface area contributed by atoms with Crippen molar-refractivity contribution in [3.8, 4) is 0 Å². The number of nitrogens with one attached hydrogen (secondary N) is 3. The summed E-state index contributed by atoms with van der Waals surface area (Å²) in [5, 5.41) is 6.27. The van der Waals surface area contributed by atoms with E-state index in [2.05, 4.69) is 15.6 Å². The van der Waals surface area contributed by atoms with Gasteiger partial charge in [-0.2, -0.15) is 0 Å². The summed E-state index contributed by atoms with van der Waals surface area (Å²) >= 11 is 0. The van der Waals surface area contributed by atoms with E-state index in [-0.39, 0.29) is 30.6 Å². The number of aromatic nitrogens is 1. The molecule has 1 saturated heterocycles. The molecule has 2 aliphatic rings. The molecule has 0 bridgehead atoms. The van der Waals surface area contributed by atoms with Crippen LogP contribution in [0.25, 0.3) is 10.9 Å². The van der Waals surface area contributed by atoms with Crippen molar-refractivity contribution in [1.29, 1.82) is 0 Å². The highest BCUT2D eigenvalue weighted by Gasteiger charge is 2.39. The molecule has 1 aliphatic carbocycles. The third-order valence-corrected chi connectivity index (χ3v) is 7.68. The Bertz CT molecular complexity index is 1370. The van der Waals surface area contributed by atoms with Crippen LogP contribution in [0.2, 0.25) is 0 Å². The predicted octanol–water partition coefficient (Wildman–Crippen LogP) is 2.90. The minimum Gasteiger partial charge on any atom is -0.351 e. The lowest BCUT2D eigenvalue weighted by molar-refractivity contribution is -0.141. The third kappa shape index (κ3) is 5.92. The smallest absolute Gasteiger partial charge is 0.289 e. The number of fused-ring (bicyclic) bond motifs is 1. The number of hydrogen-bond acceptors (Lipinski definition) is 5. The fourth-order valence-electron chi connectivity index (χ4n) is 5.57. The van der Waals surface area contributed by atoms with Gasteiger partial charge in [0.2, 0.25) is 11.7 Å². The molecule has 2 fully saturated rings. The van der Waals surface area contributed by atoms with Gasteiger partial charge in [-0.05, 0) is 49.8 Å². The van der Waals surface area contributed by atoms with Crippen LogP contribution in [0.5, 0.6) is 0 Å². The SMILES string of the molecule is O=C(NCc1ccccc1)C(=O)C(CC1CCCC1=O)NC(=O)C1CCCN1C(=O)c1cc2ccccc2[nH]1. The van der Waals surface area contributed by atoms with E-state index in [1.807, 2.05) is 54.6 Å². The van der Waals surface area contributed by atoms with Gasteiger partial charge < -0.3 is 20.5 Å². The van der Waals surface area contributed by atoms with Crippen molar-refractivity contribution in [2.45, 2.75) is 57.2 Å². The molecular formula is C30H32N4O5. The molecule has 1 aromatic heterocycles. The molecule has 9 heteroatoms. The normalized spacial score (nSPS) is 19.7. The largest absolute Gasteiger partial charge is 0.351 e. The van der Waals surface area contributed by atoms with E-state index in [4.69, 9.17) is 0 Å². The van der Waals surface area contributed by atoms with E-state index in [0.29, 0.717) is 37.9 Å². The average molecular weight is 529 g/mol. The molecule has 39 heavy (non-hydrogen) atoms. The number of likely N-dealkylation sites (tertiary alicyclic amines) is 1. The van der Waals surface area contributed by atoms with Gasteiger partial charge in [-0.25, -0.2) is 0 Å². The van der Waals surface area contributed by atoms with Gasteiger partial charge in [-0.3, -0.25) is 24.0 Å². The molecule has 3 N–H and O–H groups in total. The van der Waals surface area contributed by atoms with E-state index in [1.165, 1.54) is 4.90 Å². The number of benzene rings is 2. The van der Waals surface area contributed by atoms with Crippen LogP contribution in [0.15, 0.2) is 60.7 Å². The number of H-pyrrole nitrogens is 1. The first-order valence-electron chi connectivity index (χ1n) is 13.5. The number of ketones is 2. The highest BCUT2D eigenvalue weighted by molar-refractivity contribution is 6.38. The number of aromatic amines is 1. The van der Waals surface area contributed by atoms with Gasteiger partial charge >= 0.3 is 0 Å². The molecule has 3 aromatic rings. The van der Waals surface area contributed by atoms with E-state index in [9.17, 15) is 24.0 Å². The second kappa shape index (κ2) is 11.6. The van der Waals surface area contributed by atoms with Crippen molar-refractivity contribution in [2.24, 2.45) is 5.92 Å². The Balaban J connectivity index is 1.29. The van der Waals surface area contributed by atoms with Gasteiger partial charge in [0.1, 0.15) is 17.5 Å². The quantitative estimate of drug-likeness (QED) is 0.368. The number of para-hydroxylation sites is 1. The lowest BCUT2D eigenvalue weighted by atomic mass is 9.94. The number of amides is 3. The lowest BCUT2D eigenvalue weighted by Gasteiger charge is -2.26. The maximum atomic E-state index is 13.5. The fourth-order valence-corrected chi connectivity index (χ4v) is 5.57. The summed E-state index contributed by atoms with van der Waals surface area (Å²) in [4.78, 5) is 69.8. The second-order valence-electron chi connectivity index (χ2n) is 10.3. The van der Waals surface area contributed by atoms with E-state index < -0.39 is 29.7 Å². The number of nitrogens with zero attached hydrogens (tertiary/aromatic N) is 1. The molecule has 2 heterocycles. The molecule has 3 amide bonds. The molecule has 0 spiro atoms. The monoisotopic (exact) mass is 528 g/mol. The number of hydrogen-bond donors (Lipinski definition) is 3. The van der Waals surface area contributed by atoms with Gasteiger partial charge in [-0.15, -0.1) is 0 Å². The molecule has 3 atom stereocenters. The zero-order chi connectivity index (χ0) is 27.4. The standard InChI is InChI=1S/C30H32N4O5/c35-26-14-6-11-21(26)17-23(27(36)29(38)31-18-19-8-2-1-3-9-19)33-28(37)25-13-7-15-34(25)30(39)24-16-20-10-4-5-12-22(20)32-24/h1-5,8-10,12,16,21,23,25,32H,6-7,11,13-15,17-18H2,(H,31,38)(H,33,37). The number of Topliss-reactive ketones (excluding diaryl/α,β-unsaturated/α-hetero) is 2. The first-order chi connectivity index (χ1) is 18.9. The van der Waals surface area contributed by atoms with Crippen LogP contribution in [-0.2, 0) is 25.7 Å². The zero-order valence-corrected chi connectivity index (χ0v) is 21.7. The van der Waals surface area contributed by atoms with Crippen molar-refractivity contribution >= 4 is 40.2 Å². The minimum atomic E-state index is -1.15. The zero-order valence-electron chi connectivity index (χ0n) is 21.7. The Morgan fingerprint density at radius 1 is 0.974 bits per heavy atom. The van der Waals surface area contributed by atoms with Crippen LogP contribution in [0, 0.1) is 5.92 Å². The summed E-state index contributed by atoms with van der Waals surface area (Å²) in [6.07, 6.45) is 2.95. The molecule has 9 nitrogen and oxygen atoms in total. The Morgan fingerprint density at radius 2 is 1.74 bits per heavy atom. The van der Waals surface area contributed by atoms with Crippen LogP contribution >= 0.6 is 0 Å². The Labute approximate surface area is 226 Å². The van der Waals surface area contributed by atoms with Gasteiger partial charge in [0.25, 0.3) is 11.8 Å². The van der Waals surface area contributed by atoms with Gasteiger partial charge in [0.05, 0.1) is 6.04 Å². The summed E-state index contributed by atoms with van der Waals surface area (Å²) in [7, 11) is 0. The average Bonchev–Trinajstić information content (AvgIpc) is 3.71. The number of rotatable bonds is 9. The van der Waals surface area contributed by atoms with Crippen molar-refractivity contribution < 1.29 is 24.0 Å². The van der Waals surface area contributed by atoms with E-state index in [0.717, 1.165) is 22.9 Å².